The van der Waals surface area contributed by atoms with Gasteiger partial charge < -0.3 is 9.84 Å². The normalized spacial score (nSPS) is 12.3. The van der Waals surface area contributed by atoms with E-state index in [1.54, 1.807) is 0 Å². The fraction of sp³-hybridized carbons (Fsp3) is 0.880. The highest BCUT2D eigenvalue weighted by Crippen LogP contribution is 2.19. The molecule has 0 saturated carbocycles. The summed E-state index contributed by atoms with van der Waals surface area (Å²) in [5.74, 6) is -0.710. The van der Waals surface area contributed by atoms with E-state index < -0.39 is 5.97 Å². The second kappa shape index (κ2) is 45.8. The number of carbonyl (C=O) groups is 2. The Bertz CT molecular complexity index is 817. The van der Waals surface area contributed by atoms with Crippen LogP contribution in [-0.2, 0) is 14.3 Å². The van der Waals surface area contributed by atoms with Crippen molar-refractivity contribution in [2.45, 2.75) is 283 Å². The molecule has 0 aliphatic carbocycles. The van der Waals surface area contributed by atoms with Crippen LogP contribution in [0.3, 0.4) is 0 Å². The molecule has 0 aliphatic heterocycles. The van der Waals surface area contributed by atoms with Gasteiger partial charge in [0.25, 0.3) is 0 Å². The molecule has 0 rings (SSSR count). The van der Waals surface area contributed by atoms with E-state index in [9.17, 15) is 9.59 Å². The standard InChI is InChI=1S/C50H94O4/c1-3-5-7-9-11-13-15-17-18-19-20-21-22-23-24-25-26-28-30-32-34-39-43-47-50(53)54-48(45-41-37-35-38-42-46-49(51)52)44-40-36-33-31-29-27-16-14-12-10-8-6-4-2/h19-20,31,33,48H,3-18,21-30,32,34-47H2,1-2H3,(H,51,52)/b20-19-,33-31-. The zero-order valence-corrected chi connectivity index (χ0v) is 36.6. The summed E-state index contributed by atoms with van der Waals surface area (Å²) in [5.41, 5.74) is 0. The van der Waals surface area contributed by atoms with Crippen molar-refractivity contribution in [1.29, 1.82) is 0 Å². The minimum Gasteiger partial charge on any atom is -0.481 e. The van der Waals surface area contributed by atoms with E-state index in [1.165, 1.54) is 180 Å². The number of ether oxygens (including phenoxy) is 1. The average molecular weight is 759 g/mol. The average Bonchev–Trinajstić information content (AvgIpc) is 3.16. The van der Waals surface area contributed by atoms with Gasteiger partial charge >= 0.3 is 11.9 Å². The van der Waals surface area contributed by atoms with E-state index in [0.717, 1.165) is 70.6 Å². The highest BCUT2D eigenvalue weighted by molar-refractivity contribution is 5.69. The van der Waals surface area contributed by atoms with Crippen LogP contribution in [0.5, 0.6) is 0 Å². The Morgan fingerprint density at radius 1 is 0.389 bits per heavy atom. The van der Waals surface area contributed by atoms with E-state index in [4.69, 9.17) is 9.84 Å². The Hall–Kier alpha value is -1.58. The second-order valence-electron chi connectivity index (χ2n) is 16.6. The predicted molar refractivity (Wildman–Crippen MR) is 236 cm³/mol. The molecule has 1 unspecified atom stereocenters. The molecule has 1 N–H and O–H groups in total. The van der Waals surface area contributed by atoms with Gasteiger partial charge in [-0.2, -0.15) is 0 Å². The Morgan fingerprint density at radius 2 is 0.685 bits per heavy atom. The van der Waals surface area contributed by atoms with Crippen molar-refractivity contribution in [2.75, 3.05) is 0 Å². The number of esters is 1. The lowest BCUT2D eigenvalue weighted by Crippen LogP contribution is -2.18. The molecule has 4 heteroatoms. The third-order valence-electron chi connectivity index (χ3n) is 11.1. The summed E-state index contributed by atoms with van der Waals surface area (Å²) >= 11 is 0. The molecule has 0 aliphatic rings. The Morgan fingerprint density at radius 3 is 1.07 bits per heavy atom. The lowest BCUT2D eigenvalue weighted by molar-refractivity contribution is -0.150. The third kappa shape index (κ3) is 44.8. The molecule has 0 amide bonds. The quantitative estimate of drug-likeness (QED) is 0.0382. The van der Waals surface area contributed by atoms with E-state index in [1.807, 2.05) is 0 Å². The van der Waals surface area contributed by atoms with Gasteiger partial charge in [-0.1, -0.05) is 205 Å². The first-order valence-electron chi connectivity index (χ1n) is 24.3. The molecule has 0 spiro atoms. The smallest absolute Gasteiger partial charge is 0.306 e. The fourth-order valence-electron chi connectivity index (χ4n) is 7.54. The minimum atomic E-state index is -0.701. The van der Waals surface area contributed by atoms with Crippen LogP contribution in [0.1, 0.15) is 277 Å². The third-order valence-corrected chi connectivity index (χ3v) is 11.1. The lowest BCUT2D eigenvalue weighted by atomic mass is 10.0. The van der Waals surface area contributed by atoms with Gasteiger partial charge in [-0.25, -0.2) is 0 Å². The van der Waals surface area contributed by atoms with Gasteiger partial charge in [0.05, 0.1) is 0 Å². The molecule has 0 aromatic carbocycles. The maximum absolute atomic E-state index is 12.7. The van der Waals surface area contributed by atoms with Crippen molar-refractivity contribution in [3.8, 4) is 0 Å². The number of carboxylic acid groups (broad SMARTS) is 1. The lowest BCUT2D eigenvalue weighted by Gasteiger charge is -2.18. The van der Waals surface area contributed by atoms with Crippen molar-refractivity contribution < 1.29 is 19.4 Å². The number of hydrogen-bond acceptors (Lipinski definition) is 3. The molecule has 1 atom stereocenters. The van der Waals surface area contributed by atoms with Crippen LogP contribution in [0.4, 0.5) is 0 Å². The molecule has 0 aromatic rings. The zero-order chi connectivity index (χ0) is 39.3. The minimum absolute atomic E-state index is 0.00863. The van der Waals surface area contributed by atoms with Gasteiger partial charge in [0, 0.05) is 12.8 Å². The highest BCUT2D eigenvalue weighted by Gasteiger charge is 2.14. The molecular weight excluding hydrogens is 665 g/mol. The molecule has 0 aromatic heterocycles. The van der Waals surface area contributed by atoms with Crippen molar-refractivity contribution in [1.82, 2.24) is 0 Å². The second-order valence-corrected chi connectivity index (χ2v) is 16.6. The topological polar surface area (TPSA) is 63.6 Å². The van der Waals surface area contributed by atoms with Gasteiger partial charge in [-0.05, 0) is 83.5 Å². The molecule has 318 valence electrons. The maximum Gasteiger partial charge on any atom is 0.306 e. The van der Waals surface area contributed by atoms with E-state index in [2.05, 4.69) is 38.2 Å². The summed E-state index contributed by atoms with van der Waals surface area (Å²) in [6.07, 6.45) is 59.4. The summed E-state index contributed by atoms with van der Waals surface area (Å²) in [5, 5.41) is 8.85. The van der Waals surface area contributed by atoms with Crippen molar-refractivity contribution in [2.24, 2.45) is 0 Å². The largest absolute Gasteiger partial charge is 0.481 e. The first kappa shape index (κ1) is 52.4. The molecule has 54 heavy (non-hydrogen) atoms. The van der Waals surface area contributed by atoms with Crippen LogP contribution >= 0.6 is 0 Å². The number of carboxylic acids is 1. The summed E-state index contributed by atoms with van der Waals surface area (Å²) in [7, 11) is 0. The summed E-state index contributed by atoms with van der Waals surface area (Å²) in [6.45, 7) is 4.57. The number of carbonyl (C=O) groups excluding carboxylic acids is 1. The predicted octanol–water partition coefficient (Wildman–Crippen LogP) is 17.1. The molecule has 0 fully saturated rings. The summed E-state index contributed by atoms with van der Waals surface area (Å²) < 4.78 is 6.02. The molecule has 0 radical (unpaired) electrons. The van der Waals surface area contributed by atoms with Crippen LogP contribution in [-0.4, -0.2) is 23.1 Å². The van der Waals surface area contributed by atoms with Crippen LogP contribution in [0.2, 0.25) is 0 Å². The molecule has 0 saturated heterocycles. The monoisotopic (exact) mass is 759 g/mol. The Balaban J connectivity index is 3.90. The number of aliphatic carboxylic acids is 1. The van der Waals surface area contributed by atoms with Gasteiger partial charge in [0.2, 0.25) is 0 Å². The van der Waals surface area contributed by atoms with Crippen molar-refractivity contribution in [3.05, 3.63) is 24.3 Å². The first-order valence-corrected chi connectivity index (χ1v) is 24.3. The number of allylic oxidation sites excluding steroid dienone is 4. The fourth-order valence-corrected chi connectivity index (χ4v) is 7.54. The zero-order valence-electron chi connectivity index (χ0n) is 36.6. The molecule has 0 bridgehead atoms. The van der Waals surface area contributed by atoms with Gasteiger partial charge in [-0.3, -0.25) is 9.59 Å². The number of hydrogen-bond donors (Lipinski definition) is 1. The van der Waals surface area contributed by atoms with E-state index in [0.29, 0.717) is 6.42 Å². The number of unbranched alkanes of at least 4 members (excludes halogenated alkanes) is 32. The summed E-state index contributed by atoms with van der Waals surface area (Å²) in [4.78, 5) is 23.5. The van der Waals surface area contributed by atoms with Crippen LogP contribution in [0.15, 0.2) is 24.3 Å². The number of rotatable bonds is 45. The molecule has 0 heterocycles. The van der Waals surface area contributed by atoms with E-state index in [-0.39, 0.29) is 18.5 Å². The van der Waals surface area contributed by atoms with Crippen LogP contribution < -0.4 is 0 Å². The first-order chi connectivity index (χ1) is 26.6. The Labute approximate surface area is 337 Å². The van der Waals surface area contributed by atoms with Gasteiger partial charge in [0.15, 0.2) is 0 Å². The van der Waals surface area contributed by atoms with Gasteiger partial charge in [0.1, 0.15) is 6.10 Å². The van der Waals surface area contributed by atoms with Crippen molar-refractivity contribution >= 4 is 11.9 Å². The Kier molecular flexibility index (Phi) is 44.5. The SMILES string of the molecule is CCCCCCCCCC/C=C\CCCCCCCCCCCCCC(=O)OC(CCC/C=C\CCCCCCCCCC)CCCCCCCC(=O)O. The maximum atomic E-state index is 12.7. The van der Waals surface area contributed by atoms with Gasteiger partial charge in [-0.15, -0.1) is 0 Å². The highest BCUT2D eigenvalue weighted by atomic mass is 16.5. The van der Waals surface area contributed by atoms with Crippen LogP contribution in [0, 0.1) is 0 Å². The van der Waals surface area contributed by atoms with Crippen LogP contribution in [0.25, 0.3) is 0 Å². The van der Waals surface area contributed by atoms with Crippen molar-refractivity contribution in [3.63, 3.8) is 0 Å². The summed E-state index contributed by atoms with van der Waals surface area (Å²) in [6, 6.07) is 0. The molecule has 4 nitrogen and oxygen atoms in total. The molecular formula is C50H94O4. The van der Waals surface area contributed by atoms with E-state index >= 15 is 0 Å².